The van der Waals surface area contributed by atoms with Crippen LogP contribution in [0.4, 0.5) is 35.1 Å². The zero-order valence-corrected chi connectivity index (χ0v) is 78.4. The molecule has 0 fully saturated rings. The number of benzene rings is 6. The Morgan fingerprint density at radius 3 is 0.772 bits per heavy atom. The van der Waals surface area contributed by atoms with Crippen molar-refractivity contribution in [3.05, 3.63) is 209 Å². The Balaban J connectivity index is 0. The van der Waals surface area contributed by atoms with E-state index >= 15 is 0 Å². The second kappa shape index (κ2) is 85.2. The summed E-state index contributed by atoms with van der Waals surface area (Å²) in [6.07, 6.45) is 20.6. The first-order valence-corrected chi connectivity index (χ1v) is 45.8. The van der Waals surface area contributed by atoms with Gasteiger partial charge in [-0.1, -0.05) is 174 Å². The Morgan fingerprint density at radius 2 is 0.522 bits per heavy atom. The van der Waals surface area contributed by atoms with E-state index in [0.717, 1.165) is 136 Å². The molecule has 20 N–H and O–H groups in total. The summed E-state index contributed by atoms with van der Waals surface area (Å²) >= 11 is 0. The molecular weight excluding hydrogens is 1800 g/mol. The van der Waals surface area contributed by atoms with Crippen LogP contribution in [-0.2, 0) is 50.8 Å². The molecule has 1 aliphatic carbocycles. The van der Waals surface area contributed by atoms with E-state index < -0.39 is 42.3 Å². The highest BCUT2D eigenvalue weighted by Crippen LogP contribution is 2.57. The van der Waals surface area contributed by atoms with Gasteiger partial charge in [0.25, 0.3) is 0 Å². The smallest absolute Gasteiger partial charge is 0.380 e. The number of fused-ring (bicyclic) bond motifs is 3. The van der Waals surface area contributed by atoms with E-state index in [1.165, 1.54) is 47.9 Å². The zero-order valence-electron chi connectivity index (χ0n) is 78.4. The average molecular weight is 1960 g/mol. The topological polar surface area (TPSA) is 491 Å². The first-order chi connectivity index (χ1) is 65.7. The molecule has 1 atom stereocenters. The van der Waals surface area contributed by atoms with Crippen molar-refractivity contribution in [1.29, 1.82) is 0 Å². The third-order valence-electron chi connectivity index (χ3n) is 19.1. The van der Waals surface area contributed by atoms with Gasteiger partial charge in [0.15, 0.2) is 0 Å². The van der Waals surface area contributed by atoms with Crippen molar-refractivity contribution in [2.24, 2.45) is 0 Å². The maximum absolute atomic E-state index is 12.4. The average Bonchev–Trinajstić information content (AvgIpc) is 1.54. The Morgan fingerprint density at radius 1 is 0.272 bits per heavy atom. The second-order valence-corrected chi connectivity index (χ2v) is 29.9. The van der Waals surface area contributed by atoms with Gasteiger partial charge in [0, 0.05) is 46.2 Å². The summed E-state index contributed by atoms with van der Waals surface area (Å²) in [7, 11) is 0. The van der Waals surface area contributed by atoms with Crippen LogP contribution in [0.15, 0.2) is 164 Å². The van der Waals surface area contributed by atoms with Crippen LogP contribution in [-0.4, -0.2) is 315 Å². The van der Waals surface area contributed by atoms with Crippen LogP contribution in [0, 0.1) is 0 Å². The summed E-state index contributed by atoms with van der Waals surface area (Å²) in [5.74, 6) is -21.6. The van der Waals surface area contributed by atoms with Gasteiger partial charge in [-0.25, -0.2) is 0 Å². The maximum Gasteiger partial charge on any atom is 0.380 e. The molecule has 0 saturated heterocycles. The number of alkyl halides is 8. The highest BCUT2D eigenvalue weighted by molar-refractivity contribution is 5.86. The van der Waals surface area contributed by atoms with Crippen LogP contribution < -0.4 is 18.9 Å². The molecule has 8 rings (SSSR count). The molecule has 0 amide bonds. The minimum Gasteiger partial charge on any atom is -0.491 e. The normalized spacial score (nSPS) is 11.7. The van der Waals surface area contributed by atoms with Crippen LogP contribution in [0.1, 0.15) is 180 Å². The number of aliphatic hydroxyl groups excluding tert-OH is 20. The highest BCUT2D eigenvalue weighted by Gasteiger charge is 2.80. The molecule has 37 heteroatoms. The molecule has 1 unspecified atom stereocenters. The van der Waals surface area contributed by atoms with Gasteiger partial charge in [-0.3, -0.25) is 4.98 Å². The number of pyridine rings is 1. The molecule has 29 nitrogen and oxygen atoms in total. The molecule has 6 aromatic carbocycles. The first kappa shape index (κ1) is 130. The summed E-state index contributed by atoms with van der Waals surface area (Å²) in [6, 6.07) is 52.9. The Labute approximate surface area is 794 Å². The lowest BCUT2D eigenvalue weighted by atomic mass is 9.68. The number of halogens is 8. The van der Waals surface area contributed by atoms with Crippen molar-refractivity contribution >= 4 is 0 Å². The molecular formula is C99H153F8NO28. The maximum atomic E-state index is 12.4. The summed E-state index contributed by atoms with van der Waals surface area (Å²) in [6.45, 7) is 3.17. The van der Waals surface area contributed by atoms with Gasteiger partial charge >= 0.3 is 23.7 Å². The number of aliphatic hydroxyl groups is 20. The van der Waals surface area contributed by atoms with Gasteiger partial charge in [-0.05, 0) is 170 Å². The minimum atomic E-state index is -6.50. The van der Waals surface area contributed by atoms with Gasteiger partial charge in [0.05, 0.1) is 142 Å². The molecule has 136 heavy (non-hydrogen) atoms. The number of aromatic nitrogens is 1. The molecule has 0 aliphatic heterocycles. The first-order valence-electron chi connectivity index (χ1n) is 45.8. The minimum absolute atomic E-state index is 0.00274. The van der Waals surface area contributed by atoms with E-state index in [9.17, 15) is 35.1 Å². The third-order valence-corrected chi connectivity index (χ3v) is 19.1. The van der Waals surface area contributed by atoms with Crippen molar-refractivity contribution in [2.45, 2.75) is 197 Å². The quantitative estimate of drug-likeness (QED) is 0.0124. The zero-order chi connectivity index (χ0) is 102. The number of unbranched alkanes of at least 4 members (excludes halogenated alkanes) is 15. The van der Waals surface area contributed by atoms with Crippen molar-refractivity contribution in [3.8, 4) is 34.1 Å². The standard InChI is InChI=1S/C29H26O4.C10H22O6.C10H14O4.C10H22O2.C8H10O2.C7H9NO2.C7H16O2.C6H6F8O2.2C6H14O2/c30-17-19-32-23-13-9-21(10-14-23)29(22-11-15-24(16-12-22)33-20-18-31)27-7-3-1-5-25(27)26-6-2-4-8-28(26)29;11-1-3-13-5-7-15-9-10-16-8-6-14-4-2-12;11-5-7-13-9-1-2-10(4-3-9)14-8-6-12;11-9-7-5-3-1-2-4-6-8-10-12;9-5-7-2-1-3-8(4-7)6-10;9-4-6-2-1-3-7(5-10)8-6;8-6-4-2-1-3-5-7-9;7-3(8,1-15)5(11,12)6(13,14)4(9,10)2-16;1-6(8)4-2-3-5-7;7-5-3-1-2-4-6-8/h1-16,30-31H,17-20H2;11-12H,1-10H2;1-4,11-12H,5-8H2;11-12H,1-10H2;1-4,9-10H,5-6H2;1-3,9-10H,4-5H2;8-9H,1-7H2;15-16H,1-2H2;6-8H,2-5H2,1H3;7-8H,1-6H2. The Bertz CT molecular complexity index is 3570. The predicted octanol–water partition coefficient (Wildman–Crippen LogP) is 10.6. The van der Waals surface area contributed by atoms with E-state index in [1.54, 1.807) is 55.5 Å². The predicted molar refractivity (Wildman–Crippen MR) is 500 cm³/mol. The molecule has 7 aromatic rings. The van der Waals surface area contributed by atoms with E-state index in [-0.39, 0.29) is 118 Å². The lowest BCUT2D eigenvalue weighted by Crippen LogP contribution is -2.64. The van der Waals surface area contributed by atoms with Gasteiger partial charge in [0.1, 0.15) is 62.6 Å². The van der Waals surface area contributed by atoms with Crippen LogP contribution in [0.2, 0.25) is 0 Å². The van der Waals surface area contributed by atoms with E-state index in [1.807, 2.05) is 42.5 Å². The third kappa shape index (κ3) is 56.4. The fourth-order valence-corrected chi connectivity index (χ4v) is 12.2. The molecule has 1 aliphatic rings. The SMILES string of the molecule is CC(O)CCCCO.OCC(F)(F)C(F)(F)C(F)(F)C(F)(F)CO.OCCCCCCCCCCO.OCCCCCCCO.OCCCCCCO.OCCOCCOCCOCCOCCO.OCCOc1ccc(C2(c3ccc(OCCO)cc3)c3ccccc3-c3ccccc32)cc1.OCCOc1ccc(OCCO)cc1.OCc1cccc(CO)c1.OCc1cccc(CO)n1. The molecule has 0 radical (unpaired) electrons. The number of rotatable bonds is 60. The summed E-state index contributed by atoms with van der Waals surface area (Å²) in [5.41, 5.74) is 9.58. The van der Waals surface area contributed by atoms with E-state index in [2.05, 4.69) is 77.8 Å². The molecule has 1 heterocycles. The Hall–Kier alpha value is -7.85. The highest BCUT2D eigenvalue weighted by atomic mass is 19.4. The number of ether oxygens (including phenoxy) is 8. The fourth-order valence-electron chi connectivity index (χ4n) is 12.2. The van der Waals surface area contributed by atoms with Crippen LogP contribution in [0.5, 0.6) is 23.0 Å². The second-order valence-electron chi connectivity index (χ2n) is 29.9. The molecule has 0 bridgehead atoms. The van der Waals surface area contributed by atoms with E-state index in [4.69, 9.17) is 140 Å². The van der Waals surface area contributed by atoms with Crippen LogP contribution in [0.25, 0.3) is 11.1 Å². The van der Waals surface area contributed by atoms with Crippen LogP contribution >= 0.6 is 0 Å². The van der Waals surface area contributed by atoms with Gasteiger partial charge in [-0.15, -0.1) is 0 Å². The van der Waals surface area contributed by atoms with Gasteiger partial charge in [-0.2, -0.15) is 35.1 Å². The number of hydrogen-bond donors (Lipinski definition) is 20. The van der Waals surface area contributed by atoms with Gasteiger partial charge < -0.3 is 140 Å². The molecule has 1 aromatic heterocycles. The molecule has 0 spiro atoms. The Kier molecular flexibility index (Phi) is 81.5. The van der Waals surface area contributed by atoms with Gasteiger partial charge in [0.2, 0.25) is 0 Å². The summed E-state index contributed by atoms with van der Waals surface area (Å²) < 4.78 is 140. The molecule has 0 saturated carbocycles. The van der Waals surface area contributed by atoms with Crippen molar-refractivity contribution in [2.75, 3.05) is 178 Å². The number of hydrogen-bond acceptors (Lipinski definition) is 29. The summed E-state index contributed by atoms with van der Waals surface area (Å²) in [5, 5.41) is 170. The van der Waals surface area contributed by atoms with Crippen molar-refractivity contribution in [3.63, 3.8) is 0 Å². The monoisotopic (exact) mass is 1960 g/mol. The van der Waals surface area contributed by atoms with Crippen molar-refractivity contribution < 1.29 is 175 Å². The molecule has 778 valence electrons. The van der Waals surface area contributed by atoms with Crippen LogP contribution in [0.3, 0.4) is 0 Å². The fraction of sp³-hybridized carbons (Fsp3) is 0.586. The summed E-state index contributed by atoms with van der Waals surface area (Å²) in [4.78, 5) is 3.91. The number of nitrogens with zero attached hydrogens (tertiary/aromatic N) is 1. The lowest BCUT2D eigenvalue weighted by molar-refractivity contribution is -0.373. The largest absolute Gasteiger partial charge is 0.491 e. The van der Waals surface area contributed by atoms with Crippen molar-refractivity contribution in [1.82, 2.24) is 4.98 Å². The lowest BCUT2D eigenvalue weighted by Gasteiger charge is -2.35. The van der Waals surface area contributed by atoms with E-state index in [0.29, 0.717) is 102 Å².